The van der Waals surface area contributed by atoms with Crippen molar-refractivity contribution in [3.05, 3.63) is 23.0 Å². The van der Waals surface area contributed by atoms with Gasteiger partial charge in [0.2, 0.25) is 0 Å². The summed E-state index contributed by atoms with van der Waals surface area (Å²) < 4.78 is 11.6. The van der Waals surface area contributed by atoms with E-state index in [0.717, 1.165) is 23.5 Å². The summed E-state index contributed by atoms with van der Waals surface area (Å²) >= 11 is 0. The Morgan fingerprint density at radius 3 is 2.83 bits per heavy atom. The van der Waals surface area contributed by atoms with Crippen molar-refractivity contribution < 1.29 is 14.3 Å². The van der Waals surface area contributed by atoms with Gasteiger partial charge in [0.05, 0.1) is 19.9 Å². The van der Waals surface area contributed by atoms with Gasteiger partial charge in [-0.05, 0) is 19.9 Å². The number of hydrogen-bond acceptors (Lipinski definition) is 4. The van der Waals surface area contributed by atoms with E-state index < -0.39 is 6.09 Å². The Hall–Kier alpha value is -1.82. The van der Waals surface area contributed by atoms with Crippen molar-refractivity contribution in [1.82, 2.24) is 9.99 Å². The summed E-state index contributed by atoms with van der Waals surface area (Å²) in [6.07, 6.45) is 1.02. The average Bonchev–Trinajstić information content (AvgIpc) is 2.62. The minimum Gasteiger partial charge on any atom is -0.452 e. The second-order valence-corrected chi connectivity index (χ2v) is 3.83. The Morgan fingerprint density at radius 2 is 2.22 bits per heavy atom. The highest BCUT2D eigenvalue weighted by Gasteiger charge is 2.07. The monoisotopic (exact) mass is 253 g/mol. The minimum absolute atomic E-state index is 0.584. The highest BCUT2D eigenvalue weighted by Crippen LogP contribution is 2.12. The zero-order valence-electron chi connectivity index (χ0n) is 11.2. The standard InChI is InChI=1S/C12H19N3O3/c1-9-7-11(8-13-14-12(16)18-4)10(2)15(9)5-6-17-3/h7-8H,5-6H2,1-4H3,(H,14,16). The maximum atomic E-state index is 10.8. The van der Waals surface area contributed by atoms with Crippen molar-refractivity contribution in [2.24, 2.45) is 5.10 Å². The average molecular weight is 253 g/mol. The lowest BCUT2D eigenvalue weighted by Crippen LogP contribution is -2.16. The van der Waals surface area contributed by atoms with Crippen LogP contribution in [0.5, 0.6) is 0 Å². The lowest BCUT2D eigenvalue weighted by molar-refractivity contribution is 0.171. The smallest absolute Gasteiger partial charge is 0.427 e. The summed E-state index contributed by atoms with van der Waals surface area (Å²) in [6.45, 7) is 5.48. The fourth-order valence-electron chi connectivity index (χ4n) is 1.69. The molecule has 0 aliphatic heterocycles. The van der Waals surface area contributed by atoms with Crippen LogP contribution in [0.4, 0.5) is 4.79 Å². The molecule has 0 aliphatic carbocycles. The third-order valence-corrected chi connectivity index (χ3v) is 2.68. The molecule has 0 atom stereocenters. The van der Waals surface area contributed by atoms with Crippen LogP contribution >= 0.6 is 0 Å². The Morgan fingerprint density at radius 1 is 1.50 bits per heavy atom. The molecule has 0 bridgehead atoms. The number of hydrazone groups is 1. The zero-order valence-corrected chi connectivity index (χ0v) is 11.2. The van der Waals surface area contributed by atoms with Crippen molar-refractivity contribution in [3.63, 3.8) is 0 Å². The summed E-state index contributed by atoms with van der Waals surface area (Å²) in [4.78, 5) is 10.8. The molecule has 6 nitrogen and oxygen atoms in total. The SMILES string of the molecule is COCCn1c(C)cc(C=NNC(=O)OC)c1C. The van der Waals surface area contributed by atoms with E-state index in [9.17, 15) is 4.79 Å². The molecule has 0 aliphatic rings. The van der Waals surface area contributed by atoms with Gasteiger partial charge < -0.3 is 14.0 Å². The Balaban J connectivity index is 2.75. The van der Waals surface area contributed by atoms with Gasteiger partial charge in [0, 0.05) is 30.6 Å². The van der Waals surface area contributed by atoms with Crippen LogP contribution in [-0.2, 0) is 16.0 Å². The van der Waals surface area contributed by atoms with Crippen molar-refractivity contribution in [3.8, 4) is 0 Å². The fourth-order valence-corrected chi connectivity index (χ4v) is 1.69. The first-order chi connectivity index (χ1) is 8.60. The van der Waals surface area contributed by atoms with E-state index in [4.69, 9.17) is 4.74 Å². The predicted octanol–water partition coefficient (Wildman–Crippen LogP) is 1.44. The van der Waals surface area contributed by atoms with E-state index in [-0.39, 0.29) is 0 Å². The maximum Gasteiger partial charge on any atom is 0.427 e. The second-order valence-electron chi connectivity index (χ2n) is 3.83. The normalized spacial score (nSPS) is 10.9. The fraction of sp³-hybridized carbons (Fsp3) is 0.500. The molecule has 0 aromatic carbocycles. The molecule has 1 N–H and O–H groups in total. The number of aryl methyl sites for hydroxylation is 1. The molecular formula is C12H19N3O3. The Labute approximate surface area is 107 Å². The number of rotatable bonds is 5. The van der Waals surface area contributed by atoms with E-state index in [1.54, 1.807) is 13.3 Å². The van der Waals surface area contributed by atoms with Crippen LogP contribution in [0.1, 0.15) is 17.0 Å². The first-order valence-electron chi connectivity index (χ1n) is 5.62. The van der Waals surface area contributed by atoms with Gasteiger partial charge in [-0.25, -0.2) is 10.2 Å². The van der Waals surface area contributed by atoms with E-state index in [0.29, 0.717) is 6.61 Å². The first-order valence-corrected chi connectivity index (χ1v) is 5.62. The molecule has 1 heterocycles. The molecule has 0 unspecified atom stereocenters. The number of amides is 1. The molecule has 1 amide bonds. The summed E-state index contributed by atoms with van der Waals surface area (Å²) in [5, 5.41) is 3.81. The molecule has 6 heteroatoms. The van der Waals surface area contributed by atoms with Gasteiger partial charge in [-0.1, -0.05) is 0 Å². The van der Waals surface area contributed by atoms with Crippen LogP contribution in [0.3, 0.4) is 0 Å². The van der Waals surface area contributed by atoms with Gasteiger partial charge in [-0.3, -0.25) is 0 Å². The van der Waals surface area contributed by atoms with Crippen LogP contribution in [0.2, 0.25) is 0 Å². The van der Waals surface area contributed by atoms with Crippen molar-refractivity contribution in [1.29, 1.82) is 0 Å². The number of hydrogen-bond donors (Lipinski definition) is 1. The van der Waals surface area contributed by atoms with Crippen molar-refractivity contribution in [2.45, 2.75) is 20.4 Å². The highest BCUT2D eigenvalue weighted by atomic mass is 16.5. The number of carbonyl (C=O) groups is 1. The van der Waals surface area contributed by atoms with Gasteiger partial charge in [0.15, 0.2) is 0 Å². The molecule has 0 spiro atoms. The number of methoxy groups -OCH3 is 2. The second kappa shape index (κ2) is 6.80. The minimum atomic E-state index is -0.584. The third-order valence-electron chi connectivity index (χ3n) is 2.68. The Kier molecular flexibility index (Phi) is 5.38. The topological polar surface area (TPSA) is 64.8 Å². The zero-order chi connectivity index (χ0) is 13.5. The highest BCUT2D eigenvalue weighted by molar-refractivity contribution is 5.82. The third kappa shape index (κ3) is 3.59. The number of nitrogens with zero attached hydrogens (tertiary/aromatic N) is 2. The van der Waals surface area contributed by atoms with Crippen LogP contribution in [0.15, 0.2) is 11.2 Å². The lowest BCUT2D eigenvalue weighted by atomic mass is 10.3. The number of ether oxygens (including phenoxy) is 2. The largest absolute Gasteiger partial charge is 0.452 e. The first kappa shape index (κ1) is 14.2. The quantitative estimate of drug-likeness (QED) is 0.638. The van der Waals surface area contributed by atoms with Gasteiger partial charge in [0.25, 0.3) is 0 Å². The van der Waals surface area contributed by atoms with Crippen LogP contribution < -0.4 is 5.43 Å². The predicted molar refractivity (Wildman–Crippen MR) is 68.9 cm³/mol. The molecule has 0 fully saturated rings. The molecule has 1 aromatic rings. The van der Waals surface area contributed by atoms with Crippen molar-refractivity contribution in [2.75, 3.05) is 20.8 Å². The van der Waals surface area contributed by atoms with Crippen LogP contribution in [0.25, 0.3) is 0 Å². The van der Waals surface area contributed by atoms with E-state index in [1.807, 2.05) is 19.9 Å². The van der Waals surface area contributed by atoms with Crippen molar-refractivity contribution >= 4 is 12.3 Å². The van der Waals surface area contributed by atoms with E-state index >= 15 is 0 Å². The number of nitrogens with one attached hydrogen (secondary N) is 1. The van der Waals surface area contributed by atoms with Gasteiger partial charge >= 0.3 is 6.09 Å². The van der Waals surface area contributed by atoms with Gasteiger partial charge in [-0.15, -0.1) is 0 Å². The molecule has 1 aromatic heterocycles. The van der Waals surface area contributed by atoms with Crippen LogP contribution in [0, 0.1) is 13.8 Å². The molecule has 0 saturated carbocycles. The number of aromatic nitrogens is 1. The molecule has 1 rings (SSSR count). The Bertz CT molecular complexity index is 438. The summed E-state index contributed by atoms with van der Waals surface area (Å²) in [5.41, 5.74) is 5.42. The molecular weight excluding hydrogens is 234 g/mol. The molecule has 0 radical (unpaired) electrons. The molecule has 100 valence electrons. The van der Waals surface area contributed by atoms with Gasteiger partial charge in [-0.2, -0.15) is 5.10 Å². The van der Waals surface area contributed by atoms with E-state index in [2.05, 4.69) is 19.8 Å². The van der Waals surface area contributed by atoms with Crippen LogP contribution in [-0.4, -0.2) is 37.7 Å². The lowest BCUT2D eigenvalue weighted by Gasteiger charge is -2.08. The number of carbonyl (C=O) groups excluding carboxylic acids is 1. The van der Waals surface area contributed by atoms with E-state index in [1.165, 1.54) is 7.11 Å². The van der Waals surface area contributed by atoms with Gasteiger partial charge in [0.1, 0.15) is 0 Å². The summed E-state index contributed by atoms with van der Waals surface area (Å²) in [7, 11) is 2.97. The molecule has 18 heavy (non-hydrogen) atoms. The summed E-state index contributed by atoms with van der Waals surface area (Å²) in [6, 6.07) is 2.01. The molecule has 0 saturated heterocycles. The maximum absolute atomic E-state index is 10.8. The summed E-state index contributed by atoms with van der Waals surface area (Å²) in [5.74, 6) is 0.